The van der Waals surface area contributed by atoms with Gasteiger partial charge in [0.15, 0.2) is 11.6 Å². The maximum absolute atomic E-state index is 14.0. The lowest BCUT2D eigenvalue weighted by molar-refractivity contribution is 0.0934. The first-order chi connectivity index (χ1) is 12.5. The SMILES string of the molecule is N#Cc1ccc(CN2CCC(Oc3ccc(C(N)=O)cc3F)CC2)cc1. The van der Waals surface area contributed by atoms with Crippen LogP contribution in [0.2, 0.25) is 0 Å². The van der Waals surface area contributed by atoms with Crippen LogP contribution in [-0.4, -0.2) is 30.0 Å². The van der Waals surface area contributed by atoms with E-state index >= 15 is 0 Å². The zero-order valence-electron chi connectivity index (χ0n) is 14.3. The number of likely N-dealkylation sites (tertiary alicyclic amines) is 1. The Labute approximate surface area is 151 Å². The van der Waals surface area contributed by atoms with Crippen LogP contribution in [0.5, 0.6) is 5.75 Å². The first kappa shape index (κ1) is 17.9. The van der Waals surface area contributed by atoms with Crippen molar-refractivity contribution in [2.24, 2.45) is 5.73 Å². The monoisotopic (exact) mass is 353 g/mol. The van der Waals surface area contributed by atoms with Crippen molar-refractivity contribution in [3.63, 3.8) is 0 Å². The number of nitriles is 1. The summed E-state index contributed by atoms with van der Waals surface area (Å²) in [6.07, 6.45) is 1.54. The van der Waals surface area contributed by atoms with E-state index in [2.05, 4.69) is 11.0 Å². The van der Waals surface area contributed by atoms with Crippen LogP contribution in [0.4, 0.5) is 4.39 Å². The number of amides is 1. The van der Waals surface area contributed by atoms with Crippen molar-refractivity contribution in [1.29, 1.82) is 5.26 Å². The number of piperidine rings is 1. The third kappa shape index (κ3) is 4.38. The second-order valence-electron chi connectivity index (χ2n) is 6.41. The number of rotatable bonds is 5. The minimum absolute atomic E-state index is 0.0545. The maximum Gasteiger partial charge on any atom is 0.248 e. The van der Waals surface area contributed by atoms with Crippen molar-refractivity contribution < 1.29 is 13.9 Å². The Hall–Kier alpha value is -2.91. The maximum atomic E-state index is 14.0. The first-order valence-electron chi connectivity index (χ1n) is 8.52. The highest BCUT2D eigenvalue weighted by atomic mass is 19.1. The summed E-state index contributed by atoms with van der Waals surface area (Å²) in [6, 6.07) is 13.7. The van der Waals surface area contributed by atoms with Crippen LogP contribution in [-0.2, 0) is 6.54 Å². The van der Waals surface area contributed by atoms with Gasteiger partial charge >= 0.3 is 0 Å². The summed E-state index contributed by atoms with van der Waals surface area (Å²) in [5.74, 6) is -1.08. The minimum atomic E-state index is -0.661. The van der Waals surface area contributed by atoms with E-state index in [1.165, 1.54) is 12.1 Å². The predicted molar refractivity (Wildman–Crippen MR) is 95.0 cm³/mol. The van der Waals surface area contributed by atoms with E-state index in [4.69, 9.17) is 15.7 Å². The molecule has 26 heavy (non-hydrogen) atoms. The molecule has 1 aliphatic rings. The number of primary amides is 1. The lowest BCUT2D eigenvalue weighted by atomic mass is 10.1. The highest BCUT2D eigenvalue weighted by molar-refractivity contribution is 5.92. The zero-order valence-corrected chi connectivity index (χ0v) is 14.3. The molecule has 1 saturated heterocycles. The van der Waals surface area contributed by atoms with Crippen molar-refractivity contribution >= 4 is 5.91 Å². The molecule has 0 spiro atoms. The quantitative estimate of drug-likeness (QED) is 0.896. The Bertz CT molecular complexity index is 822. The van der Waals surface area contributed by atoms with Crippen molar-refractivity contribution in [2.75, 3.05) is 13.1 Å². The molecule has 134 valence electrons. The fourth-order valence-electron chi connectivity index (χ4n) is 3.06. The number of ether oxygens (including phenoxy) is 1. The number of halogens is 1. The van der Waals surface area contributed by atoms with E-state index in [0.717, 1.165) is 44.1 Å². The molecular weight excluding hydrogens is 333 g/mol. The van der Waals surface area contributed by atoms with E-state index in [9.17, 15) is 9.18 Å². The third-order valence-electron chi connectivity index (χ3n) is 4.53. The zero-order chi connectivity index (χ0) is 18.5. The molecule has 2 aromatic carbocycles. The van der Waals surface area contributed by atoms with Gasteiger partial charge in [-0.3, -0.25) is 9.69 Å². The molecule has 6 heteroatoms. The van der Waals surface area contributed by atoms with Gasteiger partial charge in [-0.05, 0) is 48.7 Å². The molecular formula is C20H20FN3O2. The molecule has 0 bridgehead atoms. The Kier molecular flexibility index (Phi) is 5.49. The number of hydrogen-bond acceptors (Lipinski definition) is 4. The molecule has 0 aromatic heterocycles. The van der Waals surface area contributed by atoms with Crippen LogP contribution < -0.4 is 10.5 Å². The second kappa shape index (κ2) is 7.98. The molecule has 2 N–H and O–H groups in total. The average molecular weight is 353 g/mol. The minimum Gasteiger partial charge on any atom is -0.487 e. The van der Waals surface area contributed by atoms with Gasteiger partial charge in [0.25, 0.3) is 0 Å². The molecule has 0 aliphatic carbocycles. The van der Waals surface area contributed by atoms with Crippen LogP contribution in [0.1, 0.15) is 34.3 Å². The summed E-state index contributed by atoms with van der Waals surface area (Å²) in [6.45, 7) is 2.53. The van der Waals surface area contributed by atoms with E-state index in [1.54, 1.807) is 0 Å². The number of benzene rings is 2. The number of carbonyl (C=O) groups excluding carboxylic acids is 1. The highest BCUT2D eigenvalue weighted by Crippen LogP contribution is 2.23. The van der Waals surface area contributed by atoms with Crippen molar-refractivity contribution in [2.45, 2.75) is 25.5 Å². The van der Waals surface area contributed by atoms with E-state index in [-0.39, 0.29) is 17.4 Å². The fraction of sp³-hybridized carbons (Fsp3) is 0.300. The summed E-state index contributed by atoms with van der Waals surface area (Å²) in [4.78, 5) is 13.4. The van der Waals surface area contributed by atoms with Crippen molar-refractivity contribution in [3.05, 3.63) is 65.0 Å². The van der Waals surface area contributed by atoms with Crippen LogP contribution in [0, 0.1) is 17.1 Å². The molecule has 1 heterocycles. The molecule has 1 aliphatic heterocycles. The Morgan fingerprint density at radius 2 is 1.92 bits per heavy atom. The van der Waals surface area contributed by atoms with Crippen molar-refractivity contribution in [1.82, 2.24) is 4.90 Å². The lowest BCUT2D eigenvalue weighted by Gasteiger charge is -2.32. The van der Waals surface area contributed by atoms with Crippen LogP contribution >= 0.6 is 0 Å². The van der Waals surface area contributed by atoms with Gasteiger partial charge in [-0.25, -0.2) is 4.39 Å². The molecule has 1 fully saturated rings. The van der Waals surface area contributed by atoms with E-state index in [0.29, 0.717) is 5.56 Å². The van der Waals surface area contributed by atoms with Gasteiger partial charge in [0.05, 0.1) is 11.6 Å². The van der Waals surface area contributed by atoms with Gasteiger partial charge in [-0.15, -0.1) is 0 Å². The third-order valence-corrected chi connectivity index (χ3v) is 4.53. The number of carbonyl (C=O) groups is 1. The summed E-state index contributed by atoms with van der Waals surface area (Å²) in [7, 11) is 0. The summed E-state index contributed by atoms with van der Waals surface area (Å²) >= 11 is 0. The predicted octanol–water partition coefficient (Wildman–Crippen LogP) is 2.84. The van der Waals surface area contributed by atoms with Crippen molar-refractivity contribution in [3.8, 4) is 11.8 Å². The van der Waals surface area contributed by atoms with Gasteiger partial charge in [0.2, 0.25) is 5.91 Å². The van der Waals surface area contributed by atoms with Gasteiger partial charge in [0, 0.05) is 25.2 Å². The van der Waals surface area contributed by atoms with Crippen LogP contribution in [0.25, 0.3) is 0 Å². The van der Waals surface area contributed by atoms with Gasteiger partial charge in [-0.1, -0.05) is 12.1 Å². The normalized spacial score (nSPS) is 15.4. The summed E-state index contributed by atoms with van der Waals surface area (Å²) in [5, 5.41) is 8.84. The molecule has 3 rings (SSSR count). The van der Waals surface area contributed by atoms with Gasteiger partial charge in [-0.2, -0.15) is 5.26 Å². The lowest BCUT2D eigenvalue weighted by Crippen LogP contribution is -2.37. The Balaban J connectivity index is 1.52. The van der Waals surface area contributed by atoms with Crippen LogP contribution in [0.3, 0.4) is 0 Å². The molecule has 0 atom stereocenters. The van der Waals surface area contributed by atoms with Gasteiger partial charge in [0.1, 0.15) is 6.10 Å². The smallest absolute Gasteiger partial charge is 0.248 e. The topological polar surface area (TPSA) is 79.3 Å². The number of hydrogen-bond donors (Lipinski definition) is 1. The standard InChI is InChI=1S/C20H20FN3O2/c21-18-11-16(20(23)25)5-6-19(18)26-17-7-9-24(10-8-17)13-15-3-1-14(12-22)2-4-15/h1-6,11,17H,7-10,13H2,(H2,23,25). The summed E-state index contributed by atoms with van der Waals surface area (Å²) in [5.41, 5.74) is 7.10. The van der Waals surface area contributed by atoms with E-state index < -0.39 is 11.7 Å². The summed E-state index contributed by atoms with van der Waals surface area (Å²) < 4.78 is 19.8. The molecule has 0 radical (unpaired) electrons. The molecule has 0 saturated carbocycles. The molecule has 1 amide bonds. The fourth-order valence-corrected chi connectivity index (χ4v) is 3.06. The largest absolute Gasteiger partial charge is 0.487 e. The molecule has 5 nitrogen and oxygen atoms in total. The molecule has 0 unspecified atom stereocenters. The van der Waals surface area contributed by atoms with Crippen LogP contribution in [0.15, 0.2) is 42.5 Å². The highest BCUT2D eigenvalue weighted by Gasteiger charge is 2.22. The average Bonchev–Trinajstić information content (AvgIpc) is 2.65. The first-order valence-corrected chi connectivity index (χ1v) is 8.52. The van der Waals surface area contributed by atoms with E-state index in [1.807, 2.05) is 24.3 Å². The number of nitrogens with two attached hydrogens (primary N) is 1. The number of nitrogens with zero attached hydrogens (tertiary/aromatic N) is 2. The van der Waals surface area contributed by atoms with Gasteiger partial charge < -0.3 is 10.5 Å². The Morgan fingerprint density at radius 1 is 1.23 bits per heavy atom. The molecule has 2 aromatic rings. The second-order valence-corrected chi connectivity index (χ2v) is 6.41. The Morgan fingerprint density at radius 3 is 2.50 bits per heavy atom.